The minimum Gasteiger partial charge on any atom is -0.465 e. The maximum Gasteiger partial charge on any atom is 0.417 e. The molecule has 0 aliphatic rings. The molecule has 0 amide bonds. The molecule has 0 unspecified atom stereocenters. The monoisotopic (exact) mass is 234 g/mol. The van der Waals surface area contributed by atoms with Crippen molar-refractivity contribution < 1.29 is 22.7 Å². The molecule has 0 heterocycles. The van der Waals surface area contributed by atoms with E-state index in [-0.39, 0.29) is 5.69 Å². The topological polar surface area (TPSA) is 64.3 Å². The van der Waals surface area contributed by atoms with Crippen molar-refractivity contribution >= 4 is 11.7 Å². The average molecular weight is 234 g/mol. The number of benzene rings is 1. The Bertz CT molecular complexity index is 404. The number of nitrogens with one attached hydrogen (secondary N) is 1. The van der Waals surface area contributed by atoms with Crippen LogP contribution in [0, 0.1) is 0 Å². The molecule has 4 nitrogen and oxygen atoms in total. The van der Waals surface area contributed by atoms with Gasteiger partial charge >= 0.3 is 12.1 Å². The maximum absolute atomic E-state index is 12.5. The summed E-state index contributed by atoms with van der Waals surface area (Å²) < 4.78 is 41.8. The molecule has 16 heavy (non-hydrogen) atoms. The summed E-state index contributed by atoms with van der Waals surface area (Å²) in [6.45, 7) is 0. The molecule has 3 N–H and O–H groups in total. The number of carbonyl (C=O) groups excluding carboxylic acids is 1. The van der Waals surface area contributed by atoms with Crippen LogP contribution >= 0.6 is 0 Å². The van der Waals surface area contributed by atoms with Gasteiger partial charge in [-0.25, -0.2) is 4.79 Å². The summed E-state index contributed by atoms with van der Waals surface area (Å²) in [5.74, 6) is 3.97. The number of carbonyl (C=O) groups is 1. The molecule has 1 aromatic rings. The van der Waals surface area contributed by atoms with Crippen LogP contribution in [-0.2, 0) is 10.9 Å². The number of hydrogen-bond donors (Lipinski definition) is 2. The Morgan fingerprint density at radius 3 is 2.50 bits per heavy atom. The first-order valence-corrected chi connectivity index (χ1v) is 4.16. The van der Waals surface area contributed by atoms with Crippen molar-refractivity contribution in [3.63, 3.8) is 0 Å². The lowest BCUT2D eigenvalue weighted by atomic mass is 10.1. The summed E-state index contributed by atoms with van der Waals surface area (Å²) in [7, 11) is 1.00. The number of esters is 1. The Labute approximate surface area is 89.2 Å². The number of hydrogen-bond acceptors (Lipinski definition) is 4. The van der Waals surface area contributed by atoms with Crippen molar-refractivity contribution in [3.8, 4) is 0 Å². The van der Waals surface area contributed by atoms with Crippen LogP contribution in [0.5, 0.6) is 0 Å². The van der Waals surface area contributed by atoms with Gasteiger partial charge in [-0.2, -0.15) is 13.2 Å². The van der Waals surface area contributed by atoms with E-state index in [1.165, 1.54) is 0 Å². The summed E-state index contributed by atoms with van der Waals surface area (Å²) in [5, 5.41) is 0. The van der Waals surface area contributed by atoms with Crippen LogP contribution in [-0.4, -0.2) is 13.1 Å². The van der Waals surface area contributed by atoms with Gasteiger partial charge in [0, 0.05) is 5.69 Å². The normalized spacial score (nSPS) is 11.1. The SMILES string of the molecule is COC(=O)c1cc(NN)ccc1C(F)(F)F. The number of anilines is 1. The van der Waals surface area contributed by atoms with Crippen LogP contribution in [0.1, 0.15) is 15.9 Å². The van der Waals surface area contributed by atoms with Crippen molar-refractivity contribution in [2.75, 3.05) is 12.5 Å². The van der Waals surface area contributed by atoms with E-state index in [9.17, 15) is 18.0 Å². The van der Waals surface area contributed by atoms with E-state index in [1.54, 1.807) is 0 Å². The second kappa shape index (κ2) is 4.40. The molecule has 0 spiro atoms. The molecular formula is C9H9F3N2O2. The largest absolute Gasteiger partial charge is 0.465 e. The quantitative estimate of drug-likeness (QED) is 0.465. The molecular weight excluding hydrogens is 225 g/mol. The smallest absolute Gasteiger partial charge is 0.417 e. The van der Waals surface area contributed by atoms with Crippen LogP contribution in [0.3, 0.4) is 0 Å². The van der Waals surface area contributed by atoms with Crippen LogP contribution in [0.2, 0.25) is 0 Å². The molecule has 1 rings (SSSR count). The number of methoxy groups -OCH3 is 1. The third-order valence-electron chi connectivity index (χ3n) is 1.90. The maximum atomic E-state index is 12.5. The lowest BCUT2D eigenvalue weighted by molar-refractivity contribution is -0.138. The fourth-order valence-corrected chi connectivity index (χ4v) is 1.16. The molecule has 88 valence electrons. The lowest BCUT2D eigenvalue weighted by Crippen LogP contribution is -2.16. The number of alkyl halides is 3. The molecule has 0 aliphatic carbocycles. The Morgan fingerprint density at radius 1 is 1.44 bits per heavy atom. The number of rotatable bonds is 2. The Kier molecular flexibility index (Phi) is 3.38. The van der Waals surface area contributed by atoms with Gasteiger partial charge in [0.15, 0.2) is 0 Å². The number of hydrazine groups is 1. The fourth-order valence-electron chi connectivity index (χ4n) is 1.16. The highest BCUT2D eigenvalue weighted by Crippen LogP contribution is 2.33. The summed E-state index contributed by atoms with van der Waals surface area (Å²) in [6.07, 6.45) is -4.61. The van der Waals surface area contributed by atoms with E-state index in [1.807, 2.05) is 0 Å². The zero-order chi connectivity index (χ0) is 12.3. The second-order valence-electron chi connectivity index (χ2n) is 2.89. The van der Waals surface area contributed by atoms with E-state index in [0.29, 0.717) is 0 Å². The lowest BCUT2D eigenvalue weighted by Gasteiger charge is -2.12. The third-order valence-corrected chi connectivity index (χ3v) is 1.90. The van der Waals surface area contributed by atoms with Crippen molar-refractivity contribution in [1.82, 2.24) is 0 Å². The molecule has 0 radical (unpaired) electrons. The zero-order valence-electron chi connectivity index (χ0n) is 8.26. The Balaban J connectivity index is 3.33. The first-order valence-electron chi connectivity index (χ1n) is 4.16. The van der Waals surface area contributed by atoms with Crippen LogP contribution in [0.4, 0.5) is 18.9 Å². The number of ether oxygens (including phenoxy) is 1. The summed E-state index contributed by atoms with van der Waals surface area (Å²) in [6, 6.07) is 2.87. The van der Waals surface area contributed by atoms with Crippen molar-refractivity contribution in [3.05, 3.63) is 29.3 Å². The van der Waals surface area contributed by atoms with E-state index in [2.05, 4.69) is 10.2 Å². The van der Waals surface area contributed by atoms with Gasteiger partial charge in [-0.3, -0.25) is 5.84 Å². The zero-order valence-corrected chi connectivity index (χ0v) is 8.26. The molecule has 7 heteroatoms. The molecule has 0 saturated heterocycles. The van der Waals surface area contributed by atoms with Crippen molar-refractivity contribution in [2.45, 2.75) is 6.18 Å². The number of halogens is 3. The van der Waals surface area contributed by atoms with Crippen molar-refractivity contribution in [2.24, 2.45) is 5.84 Å². The van der Waals surface area contributed by atoms with E-state index >= 15 is 0 Å². The molecule has 0 atom stereocenters. The van der Waals surface area contributed by atoms with Crippen LogP contribution < -0.4 is 11.3 Å². The summed E-state index contributed by atoms with van der Waals surface area (Å²) >= 11 is 0. The fraction of sp³-hybridized carbons (Fsp3) is 0.222. The van der Waals surface area contributed by atoms with Crippen LogP contribution in [0.25, 0.3) is 0 Å². The number of nitrogens with two attached hydrogens (primary N) is 1. The molecule has 0 aliphatic heterocycles. The highest BCUT2D eigenvalue weighted by molar-refractivity contribution is 5.92. The van der Waals surface area contributed by atoms with E-state index < -0.39 is 23.3 Å². The van der Waals surface area contributed by atoms with Gasteiger partial charge < -0.3 is 10.2 Å². The first-order chi connectivity index (χ1) is 7.40. The van der Waals surface area contributed by atoms with Crippen LogP contribution in [0.15, 0.2) is 18.2 Å². The second-order valence-corrected chi connectivity index (χ2v) is 2.89. The molecule has 0 bridgehead atoms. The van der Waals surface area contributed by atoms with Gasteiger partial charge in [-0.1, -0.05) is 0 Å². The summed E-state index contributed by atoms with van der Waals surface area (Å²) in [4.78, 5) is 11.2. The van der Waals surface area contributed by atoms with E-state index in [4.69, 9.17) is 5.84 Å². The van der Waals surface area contributed by atoms with E-state index in [0.717, 1.165) is 25.3 Å². The molecule has 1 aromatic carbocycles. The standard InChI is InChI=1S/C9H9F3N2O2/c1-16-8(15)6-4-5(14-13)2-3-7(6)9(10,11)12/h2-4,14H,13H2,1H3. The molecule has 0 aromatic heterocycles. The molecule has 0 fully saturated rings. The minimum absolute atomic E-state index is 0.188. The van der Waals surface area contributed by atoms with Crippen molar-refractivity contribution in [1.29, 1.82) is 0 Å². The highest BCUT2D eigenvalue weighted by atomic mass is 19.4. The predicted molar refractivity (Wildman–Crippen MR) is 50.6 cm³/mol. The Morgan fingerprint density at radius 2 is 2.06 bits per heavy atom. The van der Waals surface area contributed by atoms with Gasteiger partial charge in [0.1, 0.15) is 0 Å². The van der Waals surface area contributed by atoms with Gasteiger partial charge in [0.2, 0.25) is 0 Å². The third kappa shape index (κ3) is 2.43. The van der Waals surface area contributed by atoms with Gasteiger partial charge in [-0.15, -0.1) is 0 Å². The average Bonchev–Trinajstić information content (AvgIpc) is 2.25. The van der Waals surface area contributed by atoms with Gasteiger partial charge in [0.05, 0.1) is 18.2 Å². The number of nitrogen functional groups attached to an aromatic ring is 1. The van der Waals surface area contributed by atoms with Gasteiger partial charge in [-0.05, 0) is 18.2 Å². The van der Waals surface area contributed by atoms with Gasteiger partial charge in [0.25, 0.3) is 0 Å². The molecule has 0 saturated carbocycles. The first kappa shape index (κ1) is 12.3. The Hall–Kier alpha value is -1.76. The predicted octanol–water partition coefficient (Wildman–Crippen LogP) is 1.78. The summed E-state index contributed by atoms with van der Waals surface area (Å²) in [5.41, 5.74) is 0.703. The minimum atomic E-state index is -4.61. The highest BCUT2D eigenvalue weighted by Gasteiger charge is 2.35.